The summed E-state index contributed by atoms with van der Waals surface area (Å²) in [6.07, 6.45) is 0.168. The second kappa shape index (κ2) is 10.6. The van der Waals surface area contributed by atoms with Gasteiger partial charge in [-0.15, -0.1) is 0 Å². The molecule has 0 aliphatic rings. The fourth-order valence-corrected chi connectivity index (χ4v) is 5.63. The maximum atomic E-state index is 13.4. The molecule has 0 fully saturated rings. The Labute approximate surface area is 200 Å². The zero-order valence-corrected chi connectivity index (χ0v) is 20.5. The normalized spacial score (nSPS) is 12.1. The molecule has 2 amide bonds. The lowest BCUT2D eigenvalue weighted by Gasteiger charge is -2.21. The van der Waals surface area contributed by atoms with Crippen LogP contribution in [0.15, 0.2) is 71.6 Å². The summed E-state index contributed by atoms with van der Waals surface area (Å²) in [5.41, 5.74) is 3.98. The van der Waals surface area contributed by atoms with E-state index in [2.05, 4.69) is 15.4 Å². The summed E-state index contributed by atoms with van der Waals surface area (Å²) in [4.78, 5) is 24.8. The summed E-state index contributed by atoms with van der Waals surface area (Å²) < 4.78 is 29.4. The first-order valence-corrected chi connectivity index (χ1v) is 12.4. The minimum atomic E-state index is -3.99. The Hall–Kier alpha value is -3.49. The molecular weight excluding hydrogens is 450 g/mol. The standard InChI is InChI=1S/C26H29N3O4S/c1-17-13-18(2)25(19(3)14-17)34(32,33)29-24(15-21-9-6-5-7-10-21)26(31)28-23-12-8-11-22(16-23)27-20(4)30/h5-14,16,24,29H,15H2,1-4H3,(H,27,30)(H,28,31)/t24-/m1/s1. The van der Waals surface area contributed by atoms with Crippen molar-refractivity contribution in [2.45, 2.75) is 45.1 Å². The number of sulfonamides is 1. The van der Waals surface area contributed by atoms with Gasteiger partial charge in [0.05, 0.1) is 4.90 Å². The highest BCUT2D eigenvalue weighted by Crippen LogP contribution is 2.23. The largest absolute Gasteiger partial charge is 0.326 e. The molecule has 34 heavy (non-hydrogen) atoms. The maximum absolute atomic E-state index is 13.4. The number of nitrogens with one attached hydrogen (secondary N) is 3. The van der Waals surface area contributed by atoms with Crippen molar-refractivity contribution in [2.24, 2.45) is 0 Å². The number of benzene rings is 3. The van der Waals surface area contributed by atoms with Crippen LogP contribution < -0.4 is 15.4 Å². The zero-order chi connectivity index (χ0) is 24.9. The molecule has 0 bridgehead atoms. The Balaban J connectivity index is 1.91. The molecule has 1 atom stereocenters. The first kappa shape index (κ1) is 25.1. The van der Waals surface area contributed by atoms with E-state index in [0.717, 1.165) is 11.1 Å². The van der Waals surface area contributed by atoms with Gasteiger partial charge < -0.3 is 10.6 Å². The topological polar surface area (TPSA) is 104 Å². The molecule has 3 aromatic carbocycles. The van der Waals surface area contributed by atoms with Crippen LogP contribution >= 0.6 is 0 Å². The predicted molar refractivity (Wildman–Crippen MR) is 134 cm³/mol. The van der Waals surface area contributed by atoms with Gasteiger partial charge in [0.25, 0.3) is 0 Å². The number of carbonyl (C=O) groups excluding carboxylic acids is 2. The van der Waals surface area contributed by atoms with Crippen molar-refractivity contribution in [3.63, 3.8) is 0 Å². The van der Waals surface area contributed by atoms with E-state index in [1.165, 1.54) is 6.92 Å². The molecule has 0 heterocycles. The fraction of sp³-hybridized carbons (Fsp3) is 0.231. The first-order valence-electron chi connectivity index (χ1n) is 10.9. The molecule has 0 unspecified atom stereocenters. The van der Waals surface area contributed by atoms with E-state index in [1.807, 2.05) is 37.3 Å². The van der Waals surface area contributed by atoms with Crippen LogP contribution in [-0.4, -0.2) is 26.3 Å². The number of hydrogen-bond donors (Lipinski definition) is 3. The first-order chi connectivity index (χ1) is 16.0. The lowest BCUT2D eigenvalue weighted by molar-refractivity contribution is -0.117. The SMILES string of the molecule is CC(=O)Nc1cccc(NC(=O)[C@@H](Cc2ccccc2)NS(=O)(=O)c2c(C)cc(C)cc2C)c1. The third kappa shape index (κ3) is 6.52. The van der Waals surface area contributed by atoms with Gasteiger partial charge in [-0.3, -0.25) is 9.59 Å². The van der Waals surface area contributed by atoms with E-state index < -0.39 is 22.0 Å². The van der Waals surface area contributed by atoms with E-state index in [9.17, 15) is 18.0 Å². The minimum Gasteiger partial charge on any atom is -0.326 e. The second-order valence-electron chi connectivity index (χ2n) is 8.34. The minimum absolute atomic E-state index is 0.168. The van der Waals surface area contributed by atoms with Gasteiger partial charge in [0, 0.05) is 18.3 Å². The number of carbonyl (C=O) groups is 2. The number of rotatable bonds is 8. The monoisotopic (exact) mass is 479 g/mol. The molecule has 0 saturated heterocycles. The van der Waals surface area contributed by atoms with Gasteiger partial charge in [-0.2, -0.15) is 4.72 Å². The molecule has 0 aliphatic carbocycles. The molecule has 0 spiro atoms. The second-order valence-corrected chi connectivity index (χ2v) is 9.99. The highest BCUT2D eigenvalue weighted by Gasteiger charge is 2.28. The Morgan fingerprint density at radius 3 is 2.00 bits per heavy atom. The number of amides is 2. The van der Waals surface area contributed by atoms with Gasteiger partial charge in [0.2, 0.25) is 21.8 Å². The lowest BCUT2D eigenvalue weighted by Crippen LogP contribution is -2.45. The molecule has 3 rings (SSSR count). The Bertz CT molecular complexity index is 1280. The highest BCUT2D eigenvalue weighted by molar-refractivity contribution is 7.89. The molecule has 3 N–H and O–H groups in total. The van der Waals surface area contributed by atoms with Gasteiger partial charge in [-0.1, -0.05) is 54.1 Å². The van der Waals surface area contributed by atoms with Crippen molar-refractivity contribution < 1.29 is 18.0 Å². The van der Waals surface area contributed by atoms with Crippen LogP contribution in [0, 0.1) is 20.8 Å². The molecular formula is C26H29N3O4S. The Morgan fingerprint density at radius 2 is 1.41 bits per heavy atom. The average molecular weight is 480 g/mol. The van der Waals surface area contributed by atoms with Crippen LogP contribution in [0.1, 0.15) is 29.2 Å². The highest BCUT2D eigenvalue weighted by atomic mass is 32.2. The average Bonchev–Trinajstić information content (AvgIpc) is 2.72. The van der Waals surface area contributed by atoms with Crippen molar-refractivity contribution in [3.8, 4) is 0 Å². The molecule has 0 aromatic heterocycles. The van der Waals surface area contributed by atoms with Gasteiger partial charge in [-0.05, 0) is 62.1 Å². The van der Waals surface area contributed by atoms with Crippen molar-refractivity contribution in [1.29, 1.82) is 0 Å². The van der Waals surface area contributed by atoms with E-state index >= 15 is 0 Å². The van der Waals surface area contributed by atoms with Gasteiger partial charge >= 0.3 is 0 Å². The van der Waals surface area contributed by atoms with Gasteiger partial charge in [0.1, 0.15) is 6.04 Å². The van der Waals surface area contributed by atoms with E-state index in [-0.39, 0.29) is 17.2 Å². The van der Waals surface area contributed by atoms with Crippen LogP contribution in [0.3, 0.4) is 0 Å². The van der Waals surface area contributed by atoms with E-state index in [4.69, 9.17) is 0 Å². The third-order valence-corrected chi connectivity index (χ3v) is 7.00. The molecule has 178 valence electrons. The maximum Gasteiger partial charge on any atom is 0.242 e. The summed E-state index contributed by atoms with van der Waals surface area (Å²) in [6, 6.07) is 18.4. The summed E-state index contributed by atoms with van der Waals surface area (Å²) in [7, 11) is -3.99. The number of hydrogen-bond acceptors (Lipinski definition) is 4. The molecule has 8 heteroatoms. The summed E-state index contributed by atoms with van der Waals surface area (Å²) >= 11 is 0. The van der Waals surface area contributed by atoms with Gasteiger partial charge in [0.15, 0.2) is 0 Å². The number of aryl methyl sites for hydroxylation is 3. The summed E-state index contributed by atoms with van der Waals surface area (Å²) in [5, 5.41) is 5.43. The quantitative estimate of drug-likeness (QED) is 0.452. The van der Waals surface area contributed by atoms with Crippen molar-refractivity contribution in [2.75, 3.05) is 10.6 Å². The molecule has 0 saturated carbocycles. The Morgan fingerprint density at radius 1 is 0.824 bits per heavy atom. The van der Waals surface area contributed by atoms with Crippen molar-refractivity contribution >= 4 is 33.2 Å². The Kier molecular flexibility index (Phi) is 7.86. The molecule has 0 aliphatic heterocycles. The van der Waals surface area contributed by atoms with Crippen LogP contribution in [0.5, 0.6) is 0 Å². The zero-order valence-electron chi connectivity index (χ0n) is 19.7. The van der Waals surface area contributed by atoms with Crippen molar-refractivity contribution in [3.05, 3.63) is 89.0 Å². The lowest BCUT2D eigenvalue weighted by atomic mass is 10.1. The summed E-state index contributed by atoms with van der Waals surface area (Å²) in [6.45, 7) is 6.79. The fourth-order valence-electron chi connectivity index (χ4n) is 3.98. The third-order valence-electron chi connectivity index (χ3n) is 5.22. The molecule has 0 radical (unpaired) electrons. The van der Waals surface area contributed by atoms with Crippen molar-refractivity contribution in [1.82, 2.24) is 4.72 Å². The smallest absolute Gasteiger partial charge is 0.242 e. The van der Waals surface area contributed by atoms with Crippen LogP contribution in [0.25, 0.3) is 0 Å². The van der Waals surface area contributed by atoms with Crippen LogP contribution in [0.4, 0.5) is 11.4 Å². The van der Waals surface area contributed by atoms with E-state index in [1.54, 1.807) is 50.2 Å². The predicted octanol–water partition coefficient (Wildman–Crippen LogP) is 4.10. The van der Waals surface area contributed by atoms with Crippen LogP contribution in [0.2, 0.25) is 0 Å². The molecule has 3 aromatic rings. The van der Waals surface area contributed by atoms with Gasteiger partial charge in [-0.25, -0.2) is 8.42 Å². The molecule has 7 nitrogen and oxygen atoms in total. The number of anilines is 2. The van der Waals surface area contributed by atoms with Crippen LogP contribution in [-0.2, 0) is 26.0 Å². The summed E-state index contributed by atoms with van der Waals surface area (Å²) in [5.74, 6) is -0.739. The van der Waals surface area contributed by atoms with E-state index in [0.29, 0.717) is 22.5 Å².